The molecule has 10 heteroatoms. The number of hydrogen-bond donors (Lipinski definition) is 2. The van der Waals surface area contributed by atoms with Crippen molar-refractivity contribution in [1.82, 2.24) is 10.6 Å². The average molecular weight is 451 g/mol. The van der Waals surface area contributed by atoms with Gasteiger partial charge >= 0.3 is 0 Å². The molecule has 0 aliphatic carbocycles. The van der Waals surface area contributed by atoms with Crippen molar-refractivity contribution in [1.29, 1.82) is 0 Å². The molecule has 0 bridgehead atoms. The molecule has 0 saturated heterocycles. The van der Waals surface area contributed by atoms with Gasteiger partial charge in [0, 0.05) is 47.1 Å². The summed E-state index contributed by atoms with van der Waals surface area (Å²) in [5, 5.41) is 5.24. The van der Waals surface area contributed by atoms with Crippen molar-refractivity contribution in [3.63, 3.8) is 0 Å². The predicted molar refractivity (Wildman–Crippen MR) is 116 cm³/mol. The summed E-state index contributed by atoms with van der Waals surface area (Å²) in [4.78, 5) is 22.5. The summed E-state index contributed by atoms with van der Waals surface area (Å²) < 4.78 is 31.7. The Hall–Kier alpha value is -1.30. The van der Waals surface area contributed by atoms with Crippen LogP contribution in [-0.4, -0.2) is 105 Å². The largest absolute Gasteiger partial charge is 0.385 e. The van der Waals surface area contributed by atoms with Crippen LogP contribution in [0.1, 0.15) is 32.1 Å². The standard InChI is InChI=1S/C21H42N2O8/c1-22-20(24)18-30-16-14-28-11-5-3-4-10-27-13-8-23-21(25)19-31-17-15-29-12-7-6-9-26-2/h3-19H2,1-2H3,(H,22,24)(H,23,25). The first-order valence-corrected chi connectivity index (χ1v) is 11.1. The second-order valence-corrected chi connectivity index (χ2v) is 6.73. The highest BCUT2D eigenvalue weighted by Gasteiger charge is 2.01. The van der Waals surface area contributed by atoms with E-state index in [2.05, 4.69) is 10.6 Å². The highest BCUT2D eigenvalue weighted by atomic mass is 16.5. The molecular weight excluding hydrogens is 408 g/mol. The lowest BCUT2D eigenvalue weighted by atomic mass is 10.2. The predicted octanol–water partition coefficient (Wildman–Crippen LogP) is 0.529. The average Bonchev–Trinajstić information content (AvgIpc) is 2.77. The number of unbranched alkanes of at least 4 members (excludes halogenated alkanes) is 3. The van der Waals surface area contributed by atoms with Gasteiger partial charge in [-0.3, -0.25) is 9.59 Å². The SMILES string of the molecule is CNC(=O)COCCOCCCCCOCCNC(=O)COCCOCCCCOC. The topological polar surface area (TPSA) is 114 Å². The number of carbonyl (C=O) groups is 2. The van der Waals surface area contributed by atoms with Gasteiger partial charge in [0.2, 0.25) is 11.8 Å². The molecule has 0 aliphatic rings. The quantitative estimate of drug-likeness (QED) is 0.205. The van der Waals surface area contributed by atoms with Crippen molar-refractivity contribution in [2.75, 3.05) is 93.4 Å². The lowest BCUT2D eigenvalue weighted by Crippen LogP contribution is -2.31. The normalized spacial score (nSPS) is 10.9. The number of hydrogen-bond acceptors (Lipinski definition) is 8. The number of methoxy groups -OCH3 is 1. The third-order valence-corrected chi connectivity index (χ3v) is 4.02. The van der Waals surface area contributed by atoms with Gasteiger partial charge in [-0.05, 0) is 32.1 Å². The number of likely N-dealkylation sites (N-methyl/N-ethyl adjacent to an activating group) is 1. The van der Waals surface area contributed by atoms with Gasteiger partial charge in [0.05, 0.1) is 33.0 Å². The van der Waals surface area contributed by atoms with E-state index in [1.54, 1.807) is 14.2 Å². The van der Waals surface area contributed by atoms with Crippen LogP contribution in [0.2, 0.25) is 0 Å². The zero-order valence-corrected chi connectivity index (χ0v) is 19.3. The molecule has 2 amide bonds. The molecule has 184 valence electrons. The summed E-state index contributed by atoms with van der Waals surface area (Å²) >= 11 is 0. The third kappa shape index (κ3) is 24.8. The van der Waals surface area contributed by atoms with Crippen molar-refractivity contribution in [3.05, 3.63) is 0 Å². The monoisotopic (exact) mass is 450 g/mol. The molecule has 0 radical (unpaired) electrons. The number of ether oxygens (including phenoxy) is 6. The maximum absolute atomic E-state index is 11.6. The van der Waals surface area contributed by atoms with Crippen molar-refractivity contribution in [2.24, 2.45) is 0 Å². The second kappa shape index (κ2) is 25.0. The van der Waals surface area contributed by atoms with E-state index in [0.717, 1.165) is 38.7 Å². The molecule has 0 fully saturated rings. The summed E-state index contributed by atoms with van der Waals surface area (Å²) in [6.07, 6.45) is 4.84. The van der Waals surface area contributed by atoms with Gasteiger partial charge in [0.15, 0.2) is 0 Å². The summed E-state index contributed by atoms with van der Waals surface area (Å²) in [5.74, 6) is -0.293. The first-order valence-electron chi connectivity index (χ1n) is 11.1. The summed E-state index contributed by atoms with van der Waals surface area (Å²) in [6, 6.07) is 0. The van der Waals surface area contributed by atoms with E-state index >= 15 is 0 Å². The van der Waals surface area contributed by atoms with E-state index in [4.69, 9.17) is 28.4 Å². The van der Waals surface area contributed by atoms with E-state index < -0.39 is 0 Å². The van der Waals surface area contributed by atoms with Gasteiger partial charge in [-0.1, -0.05) is 0 Å². The molecule has 0 aromatic rings. The number of nitrogens with one attached hydrogen (secondary N) is 2. The molecule has 10 nitrogen and oxygen atoms in total. The van der Waals surface area contributed by atoms with Gasteiger partial charge in [-0.2, -0.15) is 0 Å². The van der Waals surface area contributed by atoms with Gasteiger partial charge in [-0.15, -0.1) is 0 Å². The van der Waals surface area contributed by atoms with Crippen LogP contribution in [0.15, 0.2) is 0 Å². The Balaban J connectivity index is 3.16. The Morgan fingerprint density at radius 1 is 0.581 bits per heavy atom. The van der Waals surface area contributed by atoms with Crippen LogP contribution in [-0.2, 0) is 38.0 Å². The highest BCUT2D eigenvalue weighted by Crippen LogP contribution is 1.96. The number of carbonyl (C=O) groups excluding carboxylic acids is 2. The smallest absolute Gasteiger partial charge is 0.246 e. The van der Waals surface area contributed by atoms with Crippen molar-refractivity contribution in [2.45, 2.75) is 32.1 Å². The maximum Gasteiger partial charge on any atom is 0.246 e. The van der Waals surface area contributed by atoms with E-state index in [1.807, 2.05) is 0 Å². The van der Waals surface area contributed by atoms with Crippen LogP contribution in [0, 0.1) is 0 Å². The fourth-order valence-corrected chi connectivity index (χ4v) is 2.29. The van der Waals surface area contributed by atoms with Crippen molar-refractivity contribution in [3.8, 4) is 0 Å². The summed E-state index contributed by atoms with van der Waals surface area (Å²) in [5.41, 5.74) is 0. The molecule has 0 aliphatic heterocycles. The van der Waals surface area contributed by atoms with Gasteiger partial charge < -0.3 is 39.1 Å². The van der Waals surface area contributed by atoms with E-state index in [1.165, 1.54) is 0 Å². The molecule has 31 heavy (non-hydrogen) atoms. The molecule has 0 unspecified atom stereocenters. The Bertz CT molecular complexity index is 413. The Morgan fingerprint density at radius 3 is 1.65 bits per heavy atom. The fraction of sp³-hybridized carbons (Fsp3) is 0.905. The van der Waals surface area contributed by atoms with Gasteiger partial charge in [-0.25, -0.2) is 0 Å². The lowest BCUT2D eigenvalue weighted by Gasteiger charge is -2.08. The summed E-state index contributed by atoms with van der Waals surface area (Å²) in [6.45, 7) is 5.58. The second-order valence-electron chi connectivity index (χ2n) is 6.73. The Morgan fingerprint density at radius 2 is 1.06 bits per heavy atom. The molecule has 0 rings (SSSR count). The van der Waals surface area contributed by atoms with Crippen LogP contribution >= 0.6 is 0 Å². The first-order chi connectivity index (χ1) is 15.2. The van der Waals surface area contributed by atoms with E-state index in [9.17, 15) is 9.59 Å². The molecule has 2 N–H and O–H groups in total. The molecule has 0 saturated carbocycles. The highest BCUT2D eigenvalue weighted by molar-refractivity contribution is 5.77. The van der Waals surface area contributed by atoms with Crippen LogP contribution in [0.4, 0.5) is 0 Å². The summed E-state index contributed by atoms with van der Waals surface area (Å²) in [7, 11) is 3.26. The van der Waals surface area contributed by atoms with Crippen LogP contribution < -0.4 is 10.6 Å². The Labute approximate surface area is 186 Å². The van der Waals surface area contributed by atoms with Gasteiger partial charge in [0.25, 0.3) is 0 Å². The fourth-order valence-electron chi connectivity index (χ4n) is 2.29. The third-order valence-electron chi connectivity index (χ3n) is 4.02. The molecule has 0 aromatic heterocycles. The number of amides is 2. The first kappa shape index (κ1) is 29.7. The van der Waals surface area contributed by atoms with Crippen molar-refractivity contribution < 1.29 is 38.0 Å². The van der Waals surface area contributed by atoms with Crippen LogP contribution in [0.25, 0.3) is 0 Å². The number of rotatable bonds is 24. The minimum absolute atomic E-state index is 0.0316. The molecule has 0 spiro atoms. The maximum atomic E-state index is 11.6. The van der Waals surface area contributed by atoms with Crippen LogP contribution in [0.3, 0.4) is 0 Å². The molecule has 0 heterocycles. The lowest BCUT2D eigenvalue weighted by molar-refractivity contribution is -0.126. The zero-order valence-electron chi connectivity index (χ0n) is 19.3. The van der Waals surface area contributed by atoms with Gasteiger partial charge in [0.1, 0.15) is 13.2 Å². The molecule has 0 aromatic carbocycles. The minimum Gasteiger partial charge on any atom is -0.385 e. The molecular formula is C21H42N2O8. The Kier molecular flexibility index (Phi) is 23.9. The van der Waals surface area contributed by atoms with Crippen molar-refractivity contribution >= 4 is 11.8 Å². The van der Waals surface area contributed by atoms with E-state index in [-0.39, 0.29) is 25.0 Å². The van der Waals surface area contributed by atoms with E-state index in [0.29, 0.717) is 59.4 Å². The zero-order chi connectivity index (χ0) is 22.8. The van der Waals surface area contributed by atoms with Crippen LogP contribution in [0.5, 0.6) is 0 Å². The minimum atomic E-state index is -0.153. The molecule has 0 atom stereocenters.